The predicted molar refractivity (Wildman–Crippen MR) is 71.9 cm³/mol. The third-order valence-corrected chi connectivity index (χ3v) is 3.60. The molecule has 0 aromatic carbocycles. The molecule has 1 saturated heterocycles. The van der Waals surface area contributed by atoms with Crippen molar-refractivity contribution >= 4 is 11.7 Å². The second-order valence-electron chi connectivity index (χ2n) is 4.88. The first-order chi connectivity index (χ1) is 8.58. The molecule has 1 aromatic rings. The molecule has 1 aliphatic heterocycles. The number of pyridine rings is 1. The van der Waals surface area contributed by atoms with Crippen molar-refractivity contribution in [2.24, 2.45) is 11.7 Å². The van der Waals surface area contributed by atoms with E-state index in [0.717, 1.165) is 31.7 Å². The summed E-state index contributed by atoms with van der Waals surface area (Å²) in [7, 11) is 0. The molecular formula is C13H20N4O. The molecule has 1 fully saturated rings. The highest BCUT2D eigenvalue weighted by Crippen LogP contribution is 2.23. The lowest BCUT2D eigenvalue weighted by Crippen LogP contribution is -2.37. The molecular weight excluding hydrogens is 228 g/mol. The average molecular weight is 248 g/mol. The topological polar surface area (TPSA) is 86.2 Å². The summed E-state index contributed by atoms with van der Waals surface area (Å²) < 4.78 is 0. The molecule has 0 spiro atoms. The van der Waals surface area contributed by atoms with E-state index >= 15 is 0 Å². The third-order valence-electron chi connectivity index (χ3n) is 3.60. The van der Waals surface area contributed by atoms with Gasteiger partial charge < -0.3 is 15.7 Å². The van der Waals surface area contributed by atoms with Gasteiger partial charge in [-0.2, -0.15) is 0 Å². The van der Waals surface area contributed by atoms with E-state index in [9.17, 15) is 5.11 Å². The number of aromatic nitrogens is 1. The third kappa shape index (κ3) is 2.79. The highest BCUT2D eigenvalue weighted by atomic mass is 16.3. The van der Waals surface area contributed by atoms with Crippen molar-refractivity contribution < 1.29 is 5.11 Å². The van der Waals surface area contributed by atoms with Crippen molar-refractivity contribution in [3.63, 3.8) is 0 Å². The Morgan fingerprint density at radius 2 is 2.17 bits per heavy atom. The number of nitrogens with one attached hydrogen (secondary N) is 1. The fraction of sp³-hybridized carbons (Fsp3) is 0.538. The number of nitrogens with zero attached hydrogens (tertiary/aromatic N) is 2. The van der Waals surface area contributed by atoms with Gasteiger partial charge in [-0.3, -0.25) is 5.41 Å². The van der Waals surface area contributed by atoms with E-state index in [1.165, 1.54) is 0 Å². The van der Waals surface area contributed by atoms with Gasteiger partial charge in [-0.25, -0.2) is 4.98 Å². The number of aliphatic hydroxyl groups excluding tert-OH is 1. The number of aliphatic hydroxyl groups is 1. The minimum atomic E-state index is -0.222. The van der Waals surface area contributed by atoms with Crippen LogP contribution in [0.1, 0.15) is 25.3 Å². The number of rotatable bonds is 3. The van der Waals surface area contributed by atoms with Crippen molar-refractivity contribution in [3.8, 4) is 0 Å². The normalized spacial score (nSPS) is 18.7. The Hall–Kier alpha value is -1.62. The van der Waals surface area contributed by atoms with E-state index in [2.05, 4.69) is 9.88 Å². The van der Waals surface area contributed by atoms with Crippen LogP contribution in [0.4, 0.5) is 5.82 Å². The molecule has 5 nitrogen and oxygen atoms in total. The summed E-state index contributed by atoms with van der Waals surface area (Å²) in [4.78, 5) is 6.55. The maximum absolute atomic E-state index is 9.56. The molecule has 5 heteroatoms. The van der Waals surface area contributed by atoms with Crippen LogP contribution in [0.2, 0.25) is 0 Å². The van der Waals surface area contributed by atoms with Crippen LogP contribution in [0.25, 0.3) is 0 Å². The Morgan fingerprint density at radius 1 is 1.50 bits per heavy atom. The SMILES string of the molecule is CC(O)C1CCN(c2ccc(C(=N)N)cn2)CC1. The van der Waals surface area contributed by atoms with Crippen LogP contribution in [-0.2, 0) is 0 Å². The Balaban J connectivity index is 1.99. The van der Waals surface area contributed by atoms with E-state index in [0.29, 0.717) is 11.5 Å². The molecule has 1 aromatic heterocycles. The van der Waals surface area contributed by atoms with E-state index in [1.54, 1.807) is 6.20 Å². The second kappa shape index (κ2) is 5.35. The van der Waals surface area contributed by atoms with Crippen LogP contribution in [0.15, 0.2) is 18.3 Å². The number of nitrogen functional groups attached to an aromatic ring is 1. The van der Waals surface area contributed by atoms with Gasteiger partial charge in [0.05, 0.1) is 6.10 Å². The molecule has 2 rings (SSSR count). The fourth-order valence-electron chi connectivity index (χ4n) is 2.34. The number of anilines is 1. The largest absolute Gasteiger partial charge is 0.393 e. The maximum Gasteiger partial charge on any atom is 0.128 e. The maximum atomic E-state index is 9.56. The molecule has 0 amide bonds. The Bertz CT molecular complexity index is 408. The quantitative estimate of drug-likeness (QED) is 0.549. The van der Waals surface area contributed by atoms with Crippen molar-refractivity contribution in [2.45, 2.75) is 25.9 Å². The van der Waals surface area contributed by atoms with Crippen molar-refractivity contribution in [1.29, 1.82) is 5.41 Å². The van der Waals surface area contributed by atoms with E-state index in [4.69, 9.17) is 11.1 Å². The Labute approximate surface area is 107 Å². The first-order valence-corrected chi connectivity index (χ1v) is 6.31. The molecule has 0 bridgehead atoms. The van der Waals surface area contributed by atoms with Crippen LogP contribution in [0.5, 0.6) is 0 Å². The second-order valence-corrected chi connectivity index (χ2v) is 4.88. The van der Waals surface area contributed by atoms with Gasteiger partial charge in [-0.1, -0.05) is 0 Å². The monoisotopic (exact) mass is 248 g/mol. The molecule has 18 heavy (non-hydrogen) atoms. The van der Waals surface area contributed by atoms with Gasteiger partial charge in [-0.15, -0.1) is 0 Å². The molecule has 4 N–H and O–H groups in total. The van der Waals surface area contributed by atoms with Crippen LogP contribution < -0.4 is 10.6 Å². The van der Waals surface area contributed by atoms with Crippen molar-refractivity contribution in [2.75, 3.05) is 18.0 Å². The van der Waals surface area contributed by atoms with Crippen LogP contribution in [0.3, 0.4) is 0 Å². The summed E-state index contributed by atoms with van der Waals surface area (Å²) >= 11 is 0. The van der Waals surface area contributed by atoms with Gasteiger partial charge >= 0.3 is 0 Å². The number of hydrogen-bond donors (Lipinski definition) is 3. The lowest BCUT2D eigenvalue weighted by atomic mass is 9.92. The van der Waals surface area contributed by atoms with E-state index in [1.807, 2.05) is 19.1 Å². The van der Waals surface area contributed by atoms with Crippen molar-refractivity contribution in [1.82, 2.24) is 4.98 Å². The van der Waals surface area contributed by atoms with Gasteiger partial charge in [0.1, 0.15) is 11.7 Å². The standard InChI is InChI=1S/C13H20N4O/c1-9(18)10-4-6-17(7-5-10)12-3-2-11(8-16-12)13(14)15/h2-3,8-10,18H,4-7H2,1H3,(H3,14,15). The number of amidine groups is 1. The van der Waals surface area contributed by atoms with Gasteiger partial charge in [0.2, 0.25) is 0 Å². The smallest absolute Gasteiger partial charge is 0.128 e. The minimum absolute atomic E-state index is 0.0434. The highest BCUT2D eigenvalue weighted by molar-refractivity contribution is 5.94. The van der Waals surface area contributed by atoms with Gasteiger partial charge in [0, 0.05) is 24.8 Å². The summed E-state index contributed by atoms with van der Waals surface area (Å²) in [6.07, 6.45) is 3.40. The van der Waals surface area contributed by atoms with Crippen LogP contribution >= 0.6 is 0 Å². The zero-order valence-electron chi connectivity index (χ0n) is 10.6. The zero-order valence-corrected chi connectivity index (χ0v) is 10.6. The zero-order chi connectivity index (χ0) is 13.1. The van der Waals surface area contributed by atoms with Crippen molar-refractivity contribution in [3.05, 3.63) is 23.9 Å². The summed E-state index contributed by atoms with van der Waals surface area (Å²) in [6.45, 7) is 3.70. The van der Waals surface area contributed by atoms with Gasteiger partial charge in [-0.05, 0) is 37.8 Å². The fourth-order valence-corrected chi connectivity index (χ4v) is 2.34. The number of hydrogen-bond acceptors (Lipinski definition) is 4. The van der Waals surface area contributed by atoms with E-state index < -0.39 is 0 Å². The molecule has 0 aliphatic carbocycles. The van der Waals surface area contributed by atoms with Crippen LogP contribution in [-0.4, -0.2) is 35.1 Å². The summed E-state index contributed by atoms with van der Waals surface area (Å²) in [5, 5.41) is 16.9. The summed E-state index contributed by atoms with van der Waals surface area (Å²) in [5.74, 6) is 1.36. The molecule has 98 valence electrons. The number of piperidine rings is 1. The van der Waals surface area contributed by atoms with Gasteiger partial charge in [0.25, 0.3) is 0 Å². The molecule has 1 unspecified atom stereocenters. The molecule has 1 atom stereocenters. The minimum Gasteiger partial charge on any atom is -0.393 e. The molecule has 0 saturated carbocycles. The number of nitrogens with two attached hydrogens (primary N) is 1. The Morgan fingerprint density at radius 3 is 2.61 bits per heavy atom. The highest BCUT2D eigenvalue weighted by Gasteiger charge is 2.23. The van der Waals surface area contributed by atoms with Gasteiger partial charge in [0.15, 0.2) is 0 Å². The first-order valence-electron chi connectivity index (χ1n) is 6.31. The predicted octanol–water partition coefficient (Wildman–Crippen LogP) is 0.963. The molecule has 0 radical (unpaired) electrons. The molecule has 2 heterocycles. The summed E-state index contributed by atoms with van der Waals surface area (Å²) in [5.41, 5.74) is 6.05. The Kier molecular flexibility index (Phi) is 3.81. The lowest BCUT2D eigenvalue weighted by molar-refractivity contribution is 0.110. The lowest BCUT2D eigenvalue weighted by Gasteiger charge is -2.34. The first kappa shape index (κ1) is 12.8. The van der Waals surface area contributed by atoms with Crippen LogP contribution in [0, 0.1) is 11.3 Å². The van der Waals surface area contributed by atoms with E-state index in [-0.39, 0.29) is 11.9 Å². The molecule has 1 aliphatic rings. The average Bonchev–Trinajstić information content (AvgIpc) is 2.39. The summed E-state index contributed by atoms with van der Waals surface area (Å²) in [6, 6.07) is 3.73.